The molecule has 1 saturated carbocycles. The van der Waals surface area contributed by atoms with E-state index < -0.39 is 6.04 Å². The molecule has 2 amide bonds. The second kappa shape index (κ2) is 6.26. The van der Waals surface area contributed by atoms with Gasteiger partial charge in [-0.1, -0.05) is 31.0 Å². The van der Waals surface area contributed by atoms with E-state index in [9.17, 15) is 9.59 Å². The first kappa shape index (κ1) is 14.1. The Morgan fingerprint density at radius 3 is 2.62 bits per heavy atom. The molecule has 3 atom stereocenters. The van der Waals surface area contributed by atoms with Gasteiger partial charge >= 0.3 is 0 Å². The molecule has 0 spiro atoms. The van der Waals surface area contributed by atoms with Crippen LogP contribution in [0.1, 0.15) is 32.1 Å². The number of piperazine rings is 1. The third-order valence-corrected chi connectivity index (χ3v) is 4.27. The molecule has 0 unspecified atom stereocenters. The normalized spacial score (nSPS) is 28.4. The van der Waals surface area contributed by atoms with Crippen LogP contribution in [0.25, 0.3) is 0 Å². The number of carbonyl (C=O) groups is 2. The highest BCUT2D eigenvalue weighted by molar-refractivity contribution is 5.95. The number of hydrogen-bond donors (Lipinski definition) is 3. The van der Waals surface area contributed by atoms with Gasteiger partial charge in [-0.3, -0.25) is 9.59 Å². The third kappa shape index (κ3) is 3.42. The van der Waals surface area contributed by atoms with E-state index in [1.165, 1.54) is 12.8 Å². The molecule has 112 valence electrons. The Morgan fingerprint density at radius 1 is 1.14 bits per heavy atom. The van der Waals surface area contributed by atoms with Crippen LogP contribution in [0.5, 0.6) is 0 Å². The summed E-state index contributed by atoms with van der Waals surface area (Å²) < 4.78 is 0. The van der Waals surface area contributed by atoms with Crippen molar-refractivity contribution in [1.82, 2.24) is 10.6 Å². The molecule has 5 heteroatoms. The topological polar surface area (TPSA) is 70.2 Å². The smallest absolute Gasteiger partial charge is 0.237 e. The molecular formula is C16H21N3O2. The zero-order valence-electron chi connectivity index (χ0n) is 12.0. The average molecular weight is 287 g/mol. The van der Waals surface area contributed by atoms with Gasteiger partial charge in [-0.15, -0.1) is 0 Å². The summed E-state index contributed by atoms with van der Waals surface area (Å²) in [5, 5.41) is 9.23. The number of fused-ring (bicyclic) bond motifs is 1. The fraction of sp³-hybridized carbons (Fsp3) is 0.500. The first-order valence-electron chi connectivity index (χ1n) is 7.64. The van der Waals surface area contributed by atoms with Crippen LogP contribution in [0.4, 0.5) is 5.69 Å². The van der Waals surface area contributed by atoms with Gasteiger partial charge in [0, 0.05) is 17.8 Å². The maximum Gasteiger partial charge on any atom is 0.237 e. The molecule has 1 aliphatic heterocycles. The molecule has 1 aromatic rings. The zero-order chi connectivity index (χ0) is 14.7. The summed E-state index contributed by atoms with van der Waals surface area (Å²) in [5.74, 6) is -0.190. The molecule has 3 N–H and O–H groups in total. The maximum absolute atomic E-state index is 12.1. The van der Waals surface area contributed by atoms with Crippen molar-refractivity contribution in [3.05, 3.63) is 30.3 Å². The Kier molecular flexibility index (Phi) is 4.20. The molecular weight excluding hydrogens is 266 g/mol. The van der Waals surface area contributed by atoms with Crippen LogP contribution in [0.2, 0.25) is 0 Å². The molecule has 3 rings (SSSR count). The summed E-state index contributed by atoms with van der Waals surface area (Å²) in [6.07, 6.45) is 4.63. The van der Waals surface area contributed by atoms with Gasteiger partial charge in [-0.05, 0) is 25.0 Å². The standard InChI is InChI=1S/C16H21N3O2/c20-15(17-11-6-2-1-3-7-11)10-14-16(21)19-13-9-5-4-8-12(13)18-14/h1-3,6-7,12-14,18H,4-5,8-10H2,(H,17,20)(H,19,21)/t12-,13+,14-/m1/s1. The van der Waals surface area contributed by atoms with Crippen molar-refractivity contribution in [3.63, 3.8) is 0 Å². The minimum atomic E-state index is -0.423. The van der Waals surface area contributed by atoms with Crippen molar-refractivity contribution in [2.75, 3.05) is 5.32 Å². The Balaban J connectivity index is 1.56. The molecule has 1 aliphatic carbocycles. The van der Waals surface area contributed by atoms with Crippen LogP contribution in [0.3, 0.4) is 0 Å². The van der Waals surface area contributed by atoms with Crippen LogP contribution >= 0.6 is 0 Å². The second-order valence-electron chi connectivity index (χ2n) is 5.84. The van der Waals surface area contributed by atoms with E-state index >= 15 is 0 Å². The van der Waals surface area contributed by atoms with Gasteiger partial charge < -0.3 is 16.0 Å². The lowest BCUT2D eigenvalue weighted by molar-refractivity contribution is -0.129. The largest absolute Gasteiger partial charge is 0.350 e. The quantitative estimate of drug-likeness (QED) is 0.787. The van der Waals surface area contributed by atoms with Gasteiger partial charge in [0.2, 0.25) is 11.8 Å². The summed E-state index contributed by atoms with van der Waals surface area (Å²) in [5.41, 5.74) is 0.759. The van der Waals surface area contributed by atoms with Gasteiger partial charge in [0.25, 0.3) is 0 Å². The summed E-state index contributed by atoms with van der Waals surface area (Å²) in [7, 11) is 0. The van der Waals surface area contributed by atoms with E-state index in [0.717, 1.165) is 18.5 Å². The molecule has 0 radical (unpaired) electrons. The minimum Gasteiger partial charge on any atom is -0.350 e. The van der Waals surface area contributed by atoms with Gasteiger partial charge in [-0.25, -0.2) is 0 Å². The van der Waals surface area contributed by atoms with E-state index in [1.807, 2.05) is 30.3 Å². The van der Waals surface area contributed by atoms with Gasteiger partial charge in [0.15, 0.2) is 0 Å². The highest BCUT2D eigenvalue weighted by Gasteiger charge is 2.36. The Labute approximate surface area is 124 Å². The number of carbonyl (C=O) groups excluding carboxylic acids is 2. The second-order valence-corrected chi connectivity index (χ2v) is 5.84. The summed E-state index contributed by atoms with van der Waals surface area (Å²) >= 11 is 0. The van der Waals surface area contributed by atoms with Crippen molar-refractivity contribution in [3.8, 4) is 0 Å². The molecule has 1 aromatic carbocycles. The number of rotatable bonds is 3. The lowest BCUT2D eigenvalue weighted by Gasteiger charge is -2.40. The Hall–Kier alpha value is -1.88. The van der Waals surface area contributed by atoms with Crippen LogP contribution < -0.4 is 16.0 Å². The van der Waals surface area contributed by atoms with E-state index in [2.05, 4.69) is 16.0 Å². The number of nitrogens with one attached hydrogen (secondary N) is 3. The number of amides is 2. The predicted octanol–water partition coefficient (Wildman–Crippen LogP) is 1.41. The van der Waals surface area contributed by atoms with Crippen molar-refractivity contribution in [1.29, 1.82) is 0 Å². The van der Waals surface area contributed by atoms with E-state index in [4.69, 9.17) is 0 Å². The molecule has 0 aromatic heterocycles. The lowest BCUT2D eigenvalue weighted by atomic mass is 9.87. The SMILES string of the molecule is O=C(C[C@H]1N[C@@H]2CCCC[C@@H]2NC1=O)Nc1ccccc1. The Morgan fingerprint density at radius 2 is 1.86 bits per heavy atom. The van der Waals surface area contributed by atoms with Crippen LogP contribution in [0, 0.1) is 0 Å². The molecule has 21 heavy (non-hydrogen) atoms. The number of benzene rings is 1. The number of anilines is 1. The highest BCUT2D eigenvalue weighted by Crippen LogP contribution is 2.22. The number of hydrogen-bond acceptors (Lipinski definition) is 3. The minimum absolute atomic E-state index is 0.0543. The highest BCUT2D eigenvalue weighted by atomic mass is 16.2. The predicted molar refractivity (Wildman–Crippen MR) is 80.8 cm³/mol. The van der Waals surface area contributed by atoms with Gasteiger partial charge in [0.1, 0.15) is 0 Å². The monoisotopic (exact) mass is 287 g/mol. The van der Waals surface area contributed by atoms with E-state index in [0.29, 0.717) is 6.04 Å². The van der Waals surface area contributed by atoms with Gasteiger partial charge in [0.05, 0.1) is 12.5 Å². The first-order chi connectivity index (χ1) is 10.2. The van der Waals surface area contributed by atoms with E-state index in [-0.39, 0.29) is 24.3 Å². The average Bonchev–Trinajstić information content (AvgIpc) is 2.49. The van der Waals surface area contributed by atoms with Crippen LogP contribution in [-0.2, 0) is 9.59 Å². The molecule has 2 aliphatic rings. The fourth-order valence-corrected chi connectivity index (χ4v) is 3.19. The van der Waals surface area contributed by atoms with Crippen LogP contribution in [-0.4, -0.2) is 29.9 Å². The molecule has 1 heterocycles. The maximum atomic E-state index is 12.1. The molecule has 5 nitrogen and oxygen atoms in total. The summed E-state index contributed by atoms with van der Waals surface area (Å²) in [6, 6.07) is 9.43. The van der Waals surface area contributed by atoms with Crippen molar-refractivity contribution in [2.24, 2.45) is 0 Å². The van der Waals surface area contributed by atoms with Crippen molar-refractivity contribution >= 4 is 17.5 Å². The molecule has 1 saturated heterocycles. The van der Waals surface area contributed by atoms with Crippen LogP contribution in [0.15, 0.2) is 30.3 Å². The zero-order valence-corrected chi connectivity index (χ0v) is 12.0. The third-order valence-electron chi connectivity index (χ3n) is 4.27. The summed E-state index contributed by atoms with van der Waals surface area (Å²) in [6.45, 7) is 0. The fourth-order valence-electron chi connectivity index (χ4n) is 3.19. The van der Waals surface area contributed by atoms with Crippen molar-refractivity contribution < 1.29 is 9.59 Å². The van der Waals surface area contributed by atoms with Crippen molar-refractivity contribution in [2.45, 2.75) is 50.2 Å². The summed E-state index contributed by atoms with van der Waals surface area (Å²) in [4.78, 5) is 24.1. The number of para-hydroxylation sites is 1. The molecule has 2 fully saturated rings. The van der Waals surface area contributed by atoms with Gasteiger partial charge in [-0.2, -0.15) is 0 Å². The lowest BCUT2D eigenvalue weighted by Crippen LogP contribution is -2.65. The molecule has 0 bridgehead atoms. The first-order valence-corrected chi connectivity index (χ1v) is 7.64. The Bertz CT molecular complexity index is 518. The van der Waals surface area contributed by atoms with E-state index in [1.54, 1.807) is 0 Å².